The van der Waals surface area contributed by atoms with Crippen molar-refractivity contribution in [1.29, 1.82) is 0 Å². The lowest BCUT2D eigenvalue weighted by molar-refractivity contribution is 0.442. The highest BCUT2D eigenvalue weighted by Crippen LogP contribution is 2.26. The third kappa shape index (κ3) is 4.13. The van der Waals surface area contributed by atoms with Gasteiger partial charge in [0.2, 0.25) is 0 Å². The van der Waals surface area contributed by atoms with Crippen LogP contribution in [0.2, 0.25) is 5.15 Å². The van der Waals surface area contributed by atoms with Gasteiger partial charge in [-0.05, 0) is 12.3 Å². The molecule has 0 radical (unpaired) electrons. The Hall–Kier alpha value is -0.830. The Kier molecular flexibility index (Phi) is 4.26. The highest BCUT2D eigenvalue weighted by atomic mass is 35.5. The Morgan fingerprint density at radius 2 is 1.61 bits per heavy atom. The minimum absolute atomic E-state index is 0.102. The first-order valence-electron chi connectivity index (χ1n) is 6.29. The third-order valence-electron chi connectivity index (χ3n) is 2.54. The van der Waals surface area contributed by atoms with Gasteiger partial charge in [0.15, 0.2) is 0 Å². The van der Waals surface area contributed by atoms with Crippen LogP contribution in [0.4, 0.5) is 5.82 Å². The Morgan fingerprint density at radius 3 is 2.06 bits per heavy atom. The molecule has 1 heterocycles. The molecule has 1 N–H and O–H groups in total. The van der Waals surface area contributed by atoms with Crippen LogP contribution in [-0.4, -0.2) is 16.5 Å². The van der Waals surface area contributed by atoms with Gasteiger partial charge in [-0.3, -0.25) is 0 Å². The fourth-order valence-electron chi connectivity index (χ4n) is 1.35. The summed E-state index contributed by atoms with van der Waals surface area (Å²) in [5.74, 6) is 1.62. The minimum Gasteiger partial charge on any atom is -0.369 e. The van der Waals surface area contributed by atoms with Gasteiger partial charge in [0.1, 0.15) is 16.8 Å². The lowest BCUT2D eigenvalue weighted by Crippen LogP contribution is -2.22. The van der Waals surface area contributed by atoms with Crippen LogP contribution in [0.15, 0.2) is 0 Å². The van der Waals surface area contributed by atoms with Crippen molar-refractivity contribution in [1.82, 2.24) is 9.97 Å². The van der Waals surface area contributed by atoms with Gasteiger partial charge in [-0.2, -0.15) is 0 Å². The summed E-state index contributed by atoms with van der Waals surface area (Å²) in [5, 5.41) is 3.90. The largest absolute Gasteiger partial charge is 0.369 e. The molecule has 0 saturated heterocycles. The molecule has 18 heavy (non-hydrogen) atoms. The summed E-state index contributed by atoms with van der Waals surface area (Å²) in [5.41, 5.74) is 1.01. The Morgan fingerprint density at radius 1 is 1.06 bits per heavy atom. The normalized spacial score (nSPS) is 12.7. The molecule has 0 unspecified atom stereocenters. The van der Waals surface area contributed by atoms with E-state index in [1.807, 2.05) is 6.92 Å². The highest BCUT2D eigenvalue weighted by molar-refractivity contribution is 6.30. The monoisotopic (exact) mass is 269 g/mol. The van der Waals surface area contributed by atoms with Crippen LogP contribution in [0.3, 0.4) is 0 Å². The summed E-state index contributed by atoms with van der Waals surface area (Å²) in [7, 11) is 0. The van der Waals surface area contributed by atoms with Gasteiger partial charge in [-0.25, -0.2) is 9.97 Å². The standard InChI is InChI=1S/C14H24ClN3/c1-9-10(15)17-12(14(5,6)7)18-11(9)16-8-13(2,3)4/h8H2,1-7H3,(H,16,17,18). The van der Waals surface area contributed by atoms with Crippen molar-refractivity contribution in [2.75, 3.05) is 11.9 Å². The second kappa shape index (κ2) is 5.04. The molecule has 1 aromatic heterocycles. The summed E-state index contributed by atoms with van der Waals surface area (Å²) in [6, 6.07) is 0. The van der Waals surface area contributed by atoms with Gasteiger partial charge in [0.05, 0.1) is 0 Å². The maximum atomic E-state index is 6.18. The number of nitrogens with zero attached hydrogens (tertiary/aromatic N) is 2. The first-order valence-corrected chi connectivity index (χ1v) is 6.67. The average Bonchev–Trinajstić information content (AvgIpc) is 2.17. The molecule has 4 heteroatoms. The molecule has 0 spiro atoms. The summed E-state index contributed by atoms with van der Waals surface area (Å²) in [4.78, 5) is 8.96. The van der Waals surface area contributed by atoms with E-state index in [1.54, 1.807) is 0 Å². The molecule has 0 aromatic carbocycles. The molecule has 0 aliphatic carbocycles. The van der Waals surface area contributed by atoms with Crippen molar-refractivity contribution in [3.63, 3.8) is 0 Å². The first kappa shape index (κ1) is 15.2. The van der Waals surface area contributed by atoms with Crippen molar-refractivity contribution < 1.29 is 0 Å². The van der Waals surface area contributed by atoms with E-state index < -0.39 is 0 Å². The van der Waals surface area contributed by atoms with E-state index >= 15 is 0 Å². The number of rotatable bonds is 2. The third-order valence-corrected chi connectivity index (χ3v) is 2.91. The van der Waals surface area contributed by atoms with Crippen LogP contribution >= 0.6 is 11.6 Å². The SMILES string of the molecule is Cc1c(Cl)nc(C(C)(C)C)nc1NCC(C)(C)C. The number of halogens is 1. The van der Waals surface area contributed by atoms with Gasteiger partial charge in [0.25, 0.3) is 0 Å². The van der Waals surface area contributed by atoms with Crippen LogP contribution in [0.5, 0.6) is 0 Å². The molecule has 0 saturated carbocycles. The molecular weight excluding hydrogens is 246 g/mol. The molecular formula is C14H24ClN3. The van der Waals surface area contributed by atoms with Crippen molar-refractivity contribution >= 4 is 17.4 Å². The molecule has 3 nitrogen and oxygen atoms in total. The molecule has 0 atom stereocenters. The fraction of sp³-hybridized carbons (Fsp3) is 0.714. The van der Waals surface area contributed by atoms with Crippen LogP contribution in [0, 0.1) is 12.3 Å². The van der Waals surface area contributed by atoms with Crippen LogP contribution in [0.25, 0.3) is 0 Å². The lowest BCUT2D eigenvalue weighted by atomic mass is 9.95. The second-order valence-corrected chi connectivity index (χ2v) is 7.33. The van der Waals surface area contributed by atoms with Crippen molar-refractivity contribution in [3.05, 3.63) is 16.5 Å². The lowest BCUT2D eigenvalue weighted by Gasteiger charge is -2.22. The van der Waals surface area contributed by atoms with Gasteiger partial charge in [-0.1, -0.05) is 53.1 Å². The Bertz CT molecular complexity index is 428. The molecule has 1 aromatic rings. The summed E-state index contributed by atoms with van der Waals surface area (Å²) in [6.07, 6.45) is 0. The topological polar surface area (TPSA) is 37.8 Å². The van der Waals surface area contributed by atoms with Crippen LogP contribution in [-0.2, 0) is 5.41 Å². The number of anilines is 1. The van der Waals surface area contributed by atoms with E-state index in [0.717, 1.165) is 23.8 Å². The van der Waals surface area contributed by atoms with Crippen molar-refractivity contribution in [3.8, 4) is 0 Å². The maximum Gasteiger partial charge on any atom is 0.137 e. The van der Waals surface area contributed by atoms with E-state index in [4.69, 9.17) is 11.6 Å². The van der Waals surface area contributed by atoms with Gasteiger partial charge in [0, 0.05) is 17.5 Å². The summed E-state index contributed by atoms with van der Waals surface area (Å²) in [6.45, 7) is 15.6. The van der Waals surface area contributed by atoms with E-state index in [-0.39, 0.29) is 10.8 Å². The van der Waals surface area contributed by atoms with Crippen molar-refractivity contribution in [2.24, 2.45) is 5.41 Å². The summed E-state index contributed by atoms with van der Waals surface area (Å²) >= 11 is 6.18. The average molecular weight is 270 g/mol. The minimum atomic E-state index is -0.102. The van der Waals surface area contributed by atoms with Gasteiger partial charge in [-0.15, -0.1) is 0 Å². The van der Waals surface area contributed by atoms with Crippen LogP contribution < -0.4 is 5.32 Å². The highest BCUT2D eigenvalue weighted by Gasteiger charge is 2.21. The zero-order valence-corrected chi connectivity index (χ0v) is 13.2. The zero-order valence-electron chi connectivity index (χ0n) is 12.5. The molecule has 0 aliphatic heterocycles. The van der Waals surface area contributed by atoms with Crippen LogP contribution in [0.1, 0.15) is 52.9 Å². The number of nitrogens with one attached hydrogen (secondary N) is 1. The number of hydrogen-bond donors (Lipinski definition) is 1. The van der Waals surface area contributed by atoms with Gasteiger partial charge < -0.3 is 5.32 Å². The predicted molar refractivity (Wildman–Crippen MR) is 78.4 cm³/mol. The molecule has 0 aliphatic rings. The second-order valence-electron chi connectivity index (χ2n) is 6.98. The van der Waals surface area contributed by atoms with E-state index in [1.165, 1.54) is 0 Å². The van der Waals surface area contributed by atoms with E-state index in [2.05, 4.69) is 56.8 Å². The first-order chi connectivity index (χ1) is 8.00. The number of hydrogen-bond acceptors (Lipinski definition) is 3. The van der Waals surface area contributed by atoms with E-state index in [0.29, 0.717) is 5.15 Å². The summed E-state index contributed by atoms with van der Waals surface area (Å²) < 4.78 is 0. The molecule has 1 rings (SSSR count). The molecule has 0 fully saturated rings. The smallest absolute Gasteiger partial charge is 0.137 e. The maximum absolute atomic E-state index is 6.18. The van der Waals surface area contributed by atoms with Gasteiger partial charge >= 0.3 is 0 Å². The van der Waals surface area contributed by atoms with E-state index in [9.17, 15) is 0 Å². The predicted octanol–water partition coefficient (Wildman–Crippen LogP) is 4.19. The quantitative estimate of drug-likeness (QED) is 0.818. The Labute approximate surface area is 115 Å². The number of aromatic nitrogens is 2. The van der Waals surface area contributed by atoms with Crippen molar-refractivity contribution in [2.45, 2.75) is 53.9 Å². The zero-order chi connectivity index (χ0) is 14.1. The fourth-order valence-corrected chi connectivity index (χ4v) is 1.52. The Balaban J connectivity index is 3.07. The molecule has 0 bridgehead atoms. The molecule has 0 amide bonds. The molecule has 102 valence electrons.